The minimum Gasteiger partial charge on any atom is -0.0855 e. The molecular weight excluding hydrogens is 164 g/mol. The summed E-state index contributed by atoms with van der Waals surface area (Å²) in [6.45, 7) is 1.95. The topological polar surface area (TPSA) is 0 Å². The van der Waals surface area contributed by atoms with E-state index >= 15 is 0 Å². The maximum atomic E-state index is 5.85. The Morgan fingerprint density at radius 1 is 1.40 bits per heavy atom. The Hall–Kier alpha value is -0.140. The molecule has 0 saturated carbocycles. The van der Waals surface area contributed by atoms with Crippen LogP contribution in [0.15, 0.2) is 24.3 Å². The van der Waals surface area contributed by atoms with E-state index < -0.39 is 0 Å². The lowest BCUT2D eigenvalue weighted by molar-refractivity contribution is 1.11. The molecule has 0 aromatic heterocycles. The van der Waals surface area contributed by atoms with Crippen LogP contribution in [-0.2, 0) is 0 Å². The van der Waals surface area contributed by atoms with Gasteiger partial charge in [-0.2, -0.15) is 0 Å². The maximum Gasteiger partial charge on any atom is 0.0449 e. The van der Waals surface area contributed by atoms with Gasteiger partial charge >= 0.3 is 0 Å². The molecule has 0 amide bonds. The van der Waals surface area contributed by atoms with Gasteiger partial charge in [0, 0.05) is 10.3 Å². The standard InChI is InChI=1S/C8H8ClS/c1-6(10)7-4-2-3-5-8(7)9/h2-6H,1H3. The van der Waals surface area contributed by atoms with Gasteiger partial charge in [0.15, 0.2) is 0 Å². The molecule has 53 valence electrons. The first-order valence-electron chi connectivity index (χ1n) is 3.12. The second-order valence-electron chi connectivity index (χ2n) is 2.16. The largest absolute Gasteiger partial charge is 0.0855 e. The molecule has 1 atom stereocenters. The van der Waals surface area contributed by atoms with Crippen LogP contribution in [0.3, 0.4) is 0 Å². The number of halogens is 1. The Labute approximate surface area is 71.6 Å². The Kier molecular flexibility index (Phi) is 2.64. The lowest BCUT2D eigenvalue weighted by atomic mass is 10.2. The second kappa shape index (κ2) is 3.31. The van der Waals surface area contributed by atoms with Gasteiger partial charge in [-0.05, 0) is 18.6 Å². The summed E-state index contributed by atoms with van der Waals surface area (Å²) < 4.78 is 0. The van der Waals surface area contributed by atoms with E-state index in [2.05, 4.69) is 0 Å². The molecule has 1 unspecified atom stereocenters. The van der Waals surface area contributed by atoms with Crippen molar-refractivity contribution in [3.05, 3.63) is 34.9 Å². The minimum absolute atomic E-state index is 0.105. The van der Waals surface area contributed by atoms with Crippen molar-refractivity contribution in [2.24, 2.45) is 0 Å². The third-order valence-corrected chi connectivity index (χ3v) is 1.94. The molecule has 0 aliphatic carbocycles. The van der Waals surface area contributed by atoms with Gasteiger partial charge < -0.3 is 0 Å². The number of rotatable bonds is 1. The van der Waals surface area contributed by atoms with Crippen LogP contribution in [0.4, 0.5) is 0 Å². The summed E-state index contributed by atoms with van der Waals surface area (Å²) >= 11 is 10.9. The van der Waals surface area contributed by atoms with Crippen molar-refractivity contribution in [1.29, 1.82) is 0 Å². The van der Waals surface area contributed by atoms with Gasteiger partial charge in [0.2, 0.25) is 0 Å². The first-order valence-corrected chi connectivity index (χ1v) is 3.97. The van der Waals surface area contributed by atoms with Crippen molar-refractivity contribution in [2.75, 3.05) is 0 Å². The molecule has 1 rings (SSSR count). The average Bonchev–Trinajstić information content (AvgIpc) is 1.88. The normalized spacial score (nSPS) is 13.1. The molecule has 0 nitrogen and oxygen atoms in total. The van der Waals surface area contributed by atoms with Crippen molar-refractivity contribution >= 4 is 24.2 Å². The summed E-state index contributed by atoms with van der Waals surface area (Å²) in [6.07, 6.45) is 0. The van der Waals surface area contributed by atoms with E-state index in [4.69, 9.17) is 24.2 Å². The van der Waals surface area contributed by atoms with Gasteiger partial charge in [-0.15, -0.1) is 0 Å². The number of hydrogen-bond acceptors (Lipinski definition) is 0. The molecule has 1 radical (unpaired) electrons. The molecule has 0 heterocycles. The Morgan fingerprint density at radius 2 is 2.00 bits per heavy atom. The number of benzene rings is 1. The summed E-state index contributed by atoms with van der Waals surface area (Å²) in [5.74, 6) is 0. The van der Waals surface area contributed by atoms with Gasteiger partial charge in [0.25, 0.3) is 0 Å². The quantitative estimate of drug-likeness (QED) is 0.606. The van der Waals surface area contributed by atoms with Crippen molar-refractivity contribution in [1.82, 2.24) is 0 Å². The molecule has 10 heavy (non-hydrogen) atoms. The SMILES string of the molecule is CC([S])c1ccccc1Cl. The predicted molar refractivity (Wildman–Crippen MR) is 47.5 cm³/mol. The highest BCUT2D eigenvalue weighted by atomic mass is 35.5. The molecule has 0 spiro atoms. The summed E-state index contributed by atoms with van der Waals surface area (Å²) in [5.41, 5.74) is 1.04. The van der Waals surface area contributed by atoms with Gasteiger partial charge in [-0.1, -0.05) is 42.4 Å². The fourth-order valence-electron chi connectivity index (χ4n) is 0.805. The van der Waals surface area contributed by atoms with Crippen LogP contribution < -0.4 is 0 Å². The van der Waals surface area contributed by atoms with E-state index in [-0.39, 0.29) is 5.25 Å². The molecule has 1 aromatic rings. The molecule has 0 aliphatic rings. The summed E-state index contributed by atoms with van der Waals surface area (Å²) in [7, 11) is 0. The molecule has 0 aliphatic heterocycles. The van der Waals surface area contributed by atoms with Crippen LogP contribution >= 0.6 is 24.2 Å². The van der Waals surface area contributed by atoms with Crippen LogP contribution in [0.5, 0.6) is 0 Å². The molecule has 0 bridgehead atoms. The zero-order valence-electron chi connectivity index (χ0n) is 5.67. The highest BCUT2D eigenvalue weighted by molar-refractivity contribution is 7.80. The fourth-order valence-corrected chi connectivity index (χ4v) is 1.37. The first kappa shape index (κ1) is 7.96. The third-order valence-electron chi connectivity index (χ3n) is 1.34. The average molecular weight is 172 g/mol. The van der Waals surface area contributed by atoms with Crippen molar-refractivity contribution in [3.8, 4) is 0 Å². The summed E-state index contributed by atoms with van der Waals surface area (Å²) in [4.78, 5) is 0. The highest BCUT2D eigenvalue weighted by Gasteiger charge is 2.02. The molecule has 2 heteroatoms. The van der Waals surface area contributed by atoms with Crippen LogP contribution in [0, 0.1) is 0 Å². The third kappa shape index (κ3) is 1.68. The van der Waals surface area contributed by atoms with E-state index in [0.717, 1.165) is 10.6 Å². The van der Waals surface area contributed by atoms with Crippen molar-refractivity contribution in [3.63, 3.8) is 0 Å². The smallest absolute Gasteiger partial charge is 0.0449 e. The van der Waals surface area contributed by atoms with E-state index in [1.807, 2.05) is 31.2 Å². The number of hydrogen-bond donors (Lipinski definition) is 0. The highest BCUT2D eigenvalue weighted by Crippen LogP contribution is 2.25. The monoisotopic (exact) mass is 171 g/mol. The zero-order chi connectivity index (χ0) is 7.56. The van der Waals surface area contributed by atoms with Gasteiger partial charge in [0.1, 0.15) is 0 Å². The second-order valence-corrected chi connectivity index (χ2v) is 3.28. The molecular formula is C8H8ClS. The van der Waals surface area contributed by atoms with E-state index in [1.165, 1.54) is 0 Å². The van der Waals surface area contributed by atoms with E-state index in [9.17, 15) is 0 Å². The lowest BCUT2D eigenvalue weighted by Gasteiger charge is -2.04. The summed E-state index contributed by atoms with van der Waals surface area (Å²) in [5, 5.41) is 0.874. The van der Waals surface area contributed by atoms with E-state index in [0.29, 0.717) is 0 Å². The first-order chi connectivity index (χ1) is 4.72. The van der Waals surface area contributed by atoms with Gasteiger partial charge in [0.05, 0.1) is 0 Å². The lowest BCUT2D eigenvalue weighted by Crippen LogP contribution is -1.83. The molecule has 1 aromatic carbocycles. The van der Waals surface area contributed by atoms with Crippen molar-refractivity contribution < 1.29 is 0 Å². The van der Waals surface area contributed by atoms with Crippen LogP contribution in [0.25, 0.3) is 0 Å². The molecule has 0 saturated heterocycles. The van der Waals surface area contributed by atoms with Crippen LogP contribution in [-0.4, -0.2) is 0 Å². The zero-order valence-corrected chi connectivity index (χ0v) is 7.25. The van der Waals surface area contributed by atoms with E-state index in [1.54, 1.807) is 0 Å². The molecule has 0 N–H and O–H groups in total. The maximum absolute atomic E-state index is 5.85. The predicted octanol–water partition coefficient (Wildman–Crippen LogP) is 3.60. The molecule has 0 fully saturated rings. The minimum atomic E-state index is 0.105. The van der Waals surface area contributed by atoms with Crippen LogP contribution in [0.1, 0.15) is 17.7 Å². The Morgan fingerprint density at radius 3 is 2.40 bits per heavy atom. The Balaban J connectivity index is 3.03. The van der Waals surface area contributed by atoms with Gasteiger partial charge in [-0.3, -0.25) is 0 Å². The van der Waals surface area contributed by atoms with Crippen molar-refractivity contribution in [2.45, 2.75) is 12.2 Å². The fraction of sp³-hybridized carbons (Fsp3) is 0.250. The Bertz CT molecular complexity index is 220. The summed E-state index contributed by atoms with van der Waals surface area (Å²) in [6, 6.07) is 7.67. The van der Waals surface area contributed by atoms with Crippen LogP contribution in [0.2, 0.25) is 5.02 Å². The van der Waals surface area contributed by atoms with Gasteiger partial charge in [-0.25, -0.2) is 0 Å².